The molecular formula is C12H18O3. The molecule has 0 aliphatic heterocycles. The van der Waals surface area contributed by atoms with Gasteiger partial charge in [-0.1, -0.05) is 6.92 Å². The van der Waals surface area contributed by atoms with E-state index in [9.17, 15) is 9.59 Å². The average molecular weight is 210 g/mol. The lowest BCUT2D eigenvalue weighted by Gasteiger charge is -2.49. The van der Waals surface area contributed by atoms with Gasteiger partial charge in [0.1, 0.15) is 5.78 Å². The van der Waals surface area contributed by atoms with Gasteiger partial charge in [-0.25, -0.2) is 0 Å². The monoisotopic (exact) mass is 210 g/mol. The highest BCUT2D eigenvalue weighted by Gasteiger charge is 2.50. The number of fused-ring (bicyclic) bond motifs is 2. The molecule has 0 heterocycles. The summed E-state index contributed by atoms with van der Waals surface area (Å²) in [7, 11) is 0. The Morgan fingerprint density at radius 3 is 2.73 bits per heavy atom. The number of carbonyl (C=O) groups is 2. The van der Waals surface area contributed by atoms with Gasteiger partial charge < -0.3 is 4.74 Å². The first kappa shape index (κ1) is 10.7. The average Bonchev–Trinajstić information content (AvgIpc) is 2.20. The van der Waals surface area contributed by atoms with Crippen LogP contribution in [-0.2, 0) is 14.3 Å². The van der Waals surface area contributed by atoms with Gasteiger partial charge in [0.05, 0.1) is 13.0 Å². The normalized spacial score (nSPS) is 38.4. The minimum absolute atomic E-state index is 0.0519. The molecule has 2 bridgehead atoms. The minimum Gasteiger partial charge on any atom is -0.466 e. The first-order valence-corrected chi connectivity index (χ1v) is 5.82. The summed E-state index contributed by atoms with van der Waals surface area (Å²) in [5.74, 6) is 1.50. The molecule has 84 valence electrons. The predicted octanol–water partition coefficient (Wildman–Crippen LogP) is 1.80. The Morgan fingerprint density at radius 1 is 1.47 bits per heavy atom. The van der Waals surface area contributed by atoms with Crippen LogP contribution in [0.1, 0.15) is 33.1 Å². The Hall–Kier alpha value is -0.860. The largest absolute Gasteiger partial charge is 0.466 e. The fourth-order valence-electron chi connectivity index (χ4n) is 2.96. The number of carbonyl (C=O) groups excluding carboxylic acids is 2. The van der Waals surface area contributed by atoms with E-state index in [-0.39, 0.29) is 17.8 Å². The number of ether oxygens (including phenoxy) is 1. The Balaban J connectivity index is 1.90. The van der Waals surface area contributed by atoms with Gasteiger partial charge in [-0.05, 0) is 31.6 Å². The summed E-state index contributed by atoms with van der Waals surface area (Å²) in [5.41, 5.74) is 0. The minimum atomic E-state index is -0.218. The Bertz CT molecular complexity index is 285. The van der Waals surface area contributed by atoms with E-state index in [2.05, 4.69) is 6.92 Å². The van der Waals surface area contributed by atoms with Crippen LogP contribution in [0.2, 0.25) is 0 Å². The van der Waals surface area contributed by atoms with Crippen molar-refractivity contribution in [3.63, 3.8) is 0 Å². The second-order valence-electron chi connectivity index (χ2n) is 4.81. The summed E-state index contributed by atoms with van der Waals surface area (Å²) in [4.78, 5) is 23.2. The van der Waals surface area contributed by atoms with Gasteiger partial charge in [-0.3, -0.25) is 9.59 Å². The van der Waals surface area contributed by atoms with Gasteiger partial charge in [0, 0.05) is 11.8 Å². The van der Waals surface area contributed by atoms with Crippen LogP contribution in [0.25, 0.3) is 0 Å². The third kappa shape index (κ3) is 1.80. The van der Waals surface area contributed by atoms with Gasteiger partial charge in [0.2, 0.25) is 0 Å². The summed E-state index contributed by atoms with van der Waals surface area (Å²) in [6.45, 7) is 4.35. The van der Waals surface area contributed by atoms with E-state index < -0.39 is 0 Å². The van der Waals surface area contributed by atoms with Crippen LogP contribution >= 0.6 is 0 Å². The highest BCUT2D eigenvalue weighted by molar-refractivity contribution is 5.89. The summed E-state index contributed by atoms with van der Waals surface area (Å²) >= 11 is 0. The van der Waals surface area contributed by atoms with Crippen molar-refractivity contribution in [2.45, 2.75) is 33.1 Å². The summed E-state index contributed by atoms with van der Waals surface area (Å²) < 4.78 is 4.88. The maximum atomic E-state index is 11.9. The van der Waals surface area contributed by atoms with Crippen LogP contribution in [0.4, 0.5) is 0 Å². The predicted molar refractivity (Wildman–Crippen MR) is 55.1 cm³/mol. The van der Waals surface area contributed by atoms with Gasteiger partial charge in [-0.2, -0.15) is 0 Å². The Kier molecular flexibility index (Phi) is 2.81. The van der Waals surface area contributed by atoms with Crippen molar-refractivity contribution in [2.75, 3.05) is 6.61 Å². The molecular weight excluding hydrogens is 192 g/mol. The lowest BCUT2D eigenvalue weighted by atomic mass is 9.54. The molecule has 0 amide bonds. The molecule has 0 saturated heterocycles. The second-order valence-corrected chi connectivity index (χ2v) is 4.81. The van der Waals surface area contributed by atoms with Gasteiger partial charge in [0.15, 0.2) is 0 Å². The highest BCUT2D eigenvalue weighted by atomic mass is 16.5. The fourth-order valence-corrected chi connectivity index (χ4v) is 2.96. The van der Waals surface area contributed by atoms with Gasteiger partial charge in [0.25, 0.3) is 0 Å². The van der Waals surface area contributed by atoms with Crippen molar-refractivity contribution in [1.82, 2.24) is 0 Å². The molecule has 4 atom stereocenters. The summed E-state index contributed by atoms with van der Waals surface area (Å²) in [6.07, 6.45) is 2.25. The van der Waals surface area contributed by atoms with Crippen LogP contribution in [0.15, 0.2) is 0 Å². The maximum absolute atomic E-state index is 11.9. The molecule has 1 unspecified atom stereocenters. The third-order valence-electron chi connectivity index (χ3n) is 4.01. The second kappa shape index (κ2) is 3.95. The van der Waals surface area contributed by atoms with Crippen molar-refractivity contribution >= 4 is 11.8 Å². The summed E-state index contributed by atoms with van der Waals surface area (Å²) in [6, 6.07) is 0. The molecule has 3 nitrogen and oxygen atoms in total. The zero-order chi connectivity index (χ0) is 11.0. The number of ketones is 1. The van der Waals surface area contributed by atoms with E-state index in [1.807, 2.05) is 0 Å². The number of esters is 1. The molecule has 3 heteroatoms. The van der Waals surface area contributed by atoms with E-state index in [1.54, 1.807) is 6.92 Å². The van der Waals surface area contributed by atoms with E-state index in [0.29, 0.717) is 30.6 Å². The van der Waals surface area contributed by atoms with Crippen molar-refractivity contribution in [1.29, 1.82) is 0 Å². The first-order chi connectivity index (χ1) is 7.13. The molecule has 3 saturated carbocycles. The molecule has 3 aliphatic carbocycles. The molecule has 15 heavy (non-hydrogen) atoms. The molecule has 0 N–H and O–H groups in total. The molecule has 0 spiro atoms. The quantitative estimate of drug-likeness (QED) is 0.667. The topological polar surface area (TPSA) is 43.4 Å². The highest BCUT2D eigenvalue weighted by Crippen LogP contribution is 2.51. The van der Waals surface area contributed by atoms with Crippen LogP contribution in [0.3, 0.4) is 0 Å². The van der Waals surface area contributed by atoms with E-state index in [0.717, 1.165) is 12.8 Å². The number of hydrogen-bond acceptors (Lipinski definition) is 3. The fraction of sp³-hybridized carbons (Fsp3) is 0.833. The van der Waals surface area contributed by atoms with E-state index in [4.69, 9.17) is 4.74 Å². The van der Waals surface area contributed by atoms with Gasteiger partial charge in [-0.15, -0.1) is 0 Å². The number of rotatable bonds is 3. The van der Waals surface area contributed by atoms with Crippen LogP contribution in [-0.4, -0.2) is 18.4 Å². The zero-order valence-electron chi connectivity index (χ0n) is 9.36. The zero-order valence-corrected chi connectivity index (χ0v) is 9.36. The molecule has 0 aromatic heterocycles. The Labute approximate surface area is 90.2 Å². The molecule has 3 fully saturated rings. The van der Waals surface area contributed by atoms with Crippen LogP contribution in [0, 0.1) is 23.7 Å². The molecule has 0 aromatic rings. The maximum Gasteiger partial charge on any atom is 0.306 e. The number of hydrogen-bond donors (Lipinski definition) is 0. The van der Waals surface area contributed by atoms with E-state index in [1.165, 1.54) is 0 Å². The SMILES string of the molecule is CCOC(=O)C[C@H]1C[C@@H]2C[C@H](C1=O)C2C. The number of Topliss-reactive ketones (excluding diaryl/α,β-unsaturated/α-hetero) is 1. The smallest absolute Gasteiger partial charge is 0.306 e. The van der Waals surface area contributed by atoms with Gasteiger partial charge >= 0.3 is 5.97 Å². The lowest BCUT2D eigenvalue weighted by molar-refractivity contribution is -0.153. The van der Waals surface area contributed by atoms with Crippen molar-refractivity contribution < 1.29 is 14.3 Å². The Morgan fingerprint density at radius 2 is 2.20 bits per heavy atom. The molecule has 3 rings (SSSR count). The lowest BCUT2D eigenvalue weighted by Crippen LogP contribution is -2.49. The van der Waals surface area contributed by atoms with E-state index >= 15 is 0 Å². The molecule has 3 aliphatic rings. The van der Waals surface area contributed by atoms with Crippen LogP contribution < -0.4 is 0 Å². The van der Waals surface area contributed by atoms with Crippen molar-refractivity contribution in [3.05, 3.63) is 0 Å². The third-order valence-corrected chi connectivity index (χ3v) is 4.01. The first-order valence-electron chi connectivity index (χ1n) is 5.82. The summed E-state index contributed by atoms with van der Waals surface area (Å²) in [5, 5.41) is 0. The van der Waals surface area contributed by atoms with Crippen molar-refractivity contribution in [3.8, 4) is 0 Å². The molecule has 0 aromatic carbocycles. The van der Waals surface area contributed by atoms with Crippen molar-refractivity contribution in [2.24, 2.45) is 23.7 Å². The standard InChI is InChI=1S/C12H18O3/c1-3-15-11(13)6-9-4-8-5-10(7(8)2)12(9)14/h7-10H,3-6H2,1-2H3/t7?,8-,9-,10+/m1/s1. The molecule has 0 radical (unpaired) electrons. The van der Waals surface area contributed by atoms with Crippen LogP contribution in [0.5, 0.6) is 0 Å².